The van der Waals surface area contributed by atoms with Crippen molar-refractivity contribution < 1.29 is 34.6 Å². The number of anilines is 1. The van der Waals surface area contributed by atoms with Crippen LogP contribution in [0.3, 0.4) is 0 Å². The topological polar surface area (TPSA) is 128 Å². The third kappa shape index (κ3) is 3.00. The lowest BCUT2D eigenvalue weighted by molar-refractivity contribution is -0.265. The van der Waals surface area contributed by atoms with Crippen LogP contribution in [0.4, 0.5) is 5.69 Å². The third-order valence-corrected chi connectivity index (χ3v) is 7.26. The largest absolute Gasteiger partial charge is 0.508 e. The summed E-state index contributed by atoms with van der Waals surface area (Å²) in [6.45, 7) is 1.81. The monoisotopic (exact) mass is 437 g/mol. The molecule has 8 nitrogen and oxygen atoms in total. The highest BCUT2D eigenvalue weighted by Crippen LogP contribution is 2.58. The molecule has 0 unspecified atom stereocenters. The number of benzene rings is 2. The van der Waals surface area contributed by atoms with Gasteiger partial charge in [0, 0.05) is 17.4 Å². The number of nitrogens with zero attached hydrogens (tertiary/aromatic N) is 1. The van der Waals surface area contributed by atoms with E-state index in [1.54, 1.807) is 43.3 Å². The van der Waals surface area contributed by atoms with Gasteiger partial charge in [0.2, 0.25) is 11.8 Å². The highest BCUT2D eigenvalue weighted by molar-refractivity contribution is 6.58. The normalized spacial score (nSPS) is 33.9. The van der Waals surface area contributed by atoms with Crippen molar-refractivity contribution in [2.24, 2.45) is 23.7 Å². The summed E-state index contributed by atoms with van der Waals surface area (Å²) in [6.07, 6.45) is -0.0201. The molecule has 32 heavy (non-hydrogen) atoms. The van der Waals surface area contributed by atoms with Crippen molar-refractivity contribution in [3.05, 3.63) is 54.1 Å². The van der Waals surface area contributed by atoms with Crippen LogP contribution in [-0.2, 0) is 14.3 Å². The second-order valence-corrected chi connectivity index (χ2v) is 9.01. The van der Waals surface area contributed by atoms with E-state index in [1.807, 2.05) is 0 Å². The number of phenols is 1. The maximum absolute atomic E-state index is 13.5. The molecule has 0 aromatic heterocycles. The fourth-order valence-corrected chi connectivity index (χ4v) is 5.68. The van der Waals surface area contributed by atoms with Crippen molar-refractivity contribution >= 4 is 30.1 Å². The summed E-state index contributed by atoms with van der Waals surface area (Å²) in [4.78, 5) is 27.9. The van der Waals surface area contributed by atoms with Crippen molar-refractivity contribution in [3.8, 4) is 5.75 Å². The molecule has 2 aliphatic heterocycles. The van der Waals surface area contributed by atoms with Crippen molar-refractivity contribution in [3.63, 3.8) is 0 Å². The van der Waals surface area contributed by atoms with Crippen molar-refractivity contribution in [1.82, 2.24) is 0 Å². The van der Waals surface area contributed by atoms with Crippen molar-refractivity contribution in [2.75, 3.05) is 4.90 Å². The van der Waals surface area contributed by atoms with Gasteiger partial charge in [0.05, 0.1) is 23.6 Å². The predicted octanol–water partition coefficient (Wildman–Crippen LogP) is 0.684. The van der Waals surface area contributed by atoms with Crippen LogP contribution in [-0.4, -0.2) is 45.0 Å². The Kier molecular flexibility index (Phi) is 4.90. The van der Waals surface area contributed by atoms with Crippen molar-refractivity contribution in [1.29, 1.82) is 0 Å². The molecule has 2 amide bonds. The van der Waals surface area contributed by atoms with Gasteiger partial charge in [-0.3, -0.25) is 14.5 Å². The Morgan fingerprint density at radius 2 is 1.81 bits per heavy atom. The number of hydrogen-bond donors (Lipinski definition) is 4. The molecule has 4 N–H and O–H groups in total. The molecule has 0 radical (unpaired) electrons. The molecule has 3 aliphatic rings. The second-order valence-electron chi connectivity index (χ2n) is 9.01. The summed E-state index contributed by atoms with van der Waals surface area (Å²) in [7, 11) is -1.72. The number of amides is 2. The molecule has 166 valence electrons. The maximum Gasteiger partial charge on any atom is 0.488 e. The second kappa shape index (κ2) is 7.42. The summed E-state index contributed by atoms with van der Waals surface area (Å²) < 4.78 is 6.06. The van der Waals surface area contributed by atoms with Gasteiger partial charge in [-0.05, 0) is 36.5 Å². The van der Waals surface area contributed by atoms with Gasteiger partial charge in [0.15, 0.2) is 5.79 Å². The number of hydrogen-bond acceptors (Lipinski definition) is 7. The minimum absolute atomic E-state index is 0.0544. The van der Waals surface area contributed by atoms with E-state index < -0.39 is 48.6 Å². The van der Waals surface area contributed by atoms with Crippen LogP contribution in [0.2, 0.25) is 0 Å². The van der Waals surface area contributed by atoms with Crippen LogP contribution in [0.15, 0.2) is 48.5 Å². The van der Waals surface area contributed by atoms with Gasteiger partial charge in [0.1, 0.15) is 5.75 Å². The highest BCUT2D eigenvalue weighted by Gasteiger charge is 2.66. The van der Waals surface area contributed by atoms with Crippen LogP contribution in [0.1, 0.15) is 31.4 Å². The number of phenolic OH excluding ortho intramolecular Hbond substituents is 1. The minimum Gasteiger partial charge on any atom is -0.508 e. The summed E-state index contributed by atoms with van der Waals surface area (Å²) >= 11 is 0. The Morgan fingerprint density at radius 3 is 2.53 bits per heavy atom. The molecule has 2 heterocycles. The molecule has 1 aliphatic carbocycles. The zero-order valence-electron chi connectivity index (χ0n) is 17.5. The van der Waals surface area contributed by atoms with Crippen molar-refractivity contribution in [2.45, 2.75) is 31.7 Å². The molecule has 2 aromatic rings. The van der Waals surface area contributed by atoms with Gasteiger partial charge in [-0.1, -0.05) is 37.3 Å². The van der Waals surface area contributed by atoms with E-state index in [0.717, 1.165) is 4.90 Å². The van der Waals surface area contributed by atoms with E-state index in [2.05, 4.69) is 0 Å². The first-order valence-corrected chi connectivity index (χ1v) is 10.7. The van der Waals surface area contributed by atoms with E-state index in [4.69, 9.17) is 4.74 Å². The summed E-state index contributed by atoms with van der Waals surface area (Å²) in [5.74, 6) is -4.70. The number of para-hydroxylation sites is 1. The van der Waals surface area contributed by atoms with Gasteiger partial charge < -0.3 is 25.0 Å². The fraction of sp³-hybridized carbons (Fsp3) is 0.391. The average Bonchev–Trinajstić information content (AvgIpc) is 3.23. The smallest absolute Gasteiger partial charge is 0.488 e. The van der Waals surface area contributed by atoms with Crippen LogP contribution in [0.5, 0.6) is 5.75 Å². The lowest BCUT2D eigenvalue weighted by Crippen LogP contribution is -2.52. The van der Waals surface area contributed by atoms with E-state index in [9.17, 15) is 29.9 Å². The number of fused-ring (bicyclic) bond motifs is 3. The number of carbonyl (C=O) groups is 2. The summed E-state index contributed by atoms with van der Waals surface area (Å²) in [5.41, 5.74) is 0.983. The van der Waals surface area contributed by atoms with Gasteiger partial charge in [-0.15, -0.1) is 0 Å². The van der Waals surface area contributed by atoms with Crippen LogP contribution in [0.25, 0.3) is 0 Å². The zero-order chi connectivity index (χ0) is 22.8. The van der Waals surface area contributed by atoms with Gasteiger partial charge in [0.25, 0.3) is 0 Å². The lowest BCUT2D eigenvalue weighted by Gasteiger charge is -2.43. The predicted molar refractivity (Wildman–Crippen MR) is 115 cm³/mol. The Bertz CT molecular complexity index is 1090. The highest BCUT2D eigenvalue weighted by atomic mass is 16.6. The number of rotatable bonds is 3. The first-order valence-electron chi connectivity index (χ1n) is 10.7. The molecule has 0 bridgehead atoms. The number of carbonyl (C=O) groups excluding carboxylic acids is 2. The lowest BCUT2D eigenvalue weighted by atomic mass is 9.65. The summed E-state index contributed by atoms with van der Waals surface area (Å²) in [5, 5.41) is 40.7. The molecule has 6 atom stereocenters. The van der Waals surface area contributed by atoms with Gasteiger partial charge in [-0.2, -0.15) is 0 Å². The Balaban J connectivity index is 1.51. The zero-order valence-corrected chi connectivity index (χ0v) is 17.5. The molecule has 9 heteroatoms. The molecule has 2 saturated heterocycles. The van der Waals surface area contributed by atoms with E-state index in [-0.39, 0.29) is 29.2 Å². The number of aromatic hydroxyl groups is 1. The molecular formula is C23H24BNO7. The minimum atomic E-state index is -1.72. The van der Waals surface area contributed by atoms with E-state index in [1.165, 1.54) is 12.1 Å². The van der Waals surface area contributed by atoms with Gasteiger partial charge >= 0.3 is 7.12 Å². The fourth-order valence-electron chi connectivity index (χ4n) is 5.68. The number of imide groups is 1. The number of aliphatic hydroxyl groups is 1. The quantitative estimate of drug-likeness (QED) is 0.411. The van der Waals surface area contributed by atoms with Crippen LogP contribution >= 0.6 is 0 Å². The molecule has 2 aromatic carbocycles. The Morgan fingerprint density at radius 1 is 1.06 bits per heavy atom. The molecule has 5 rings (SSSR count). The first-order chi connectivity index (χ1) is 15.2. The average molecular weight is 437 g/mol. The molecule has 0 spiro atoms. The van der Waals surface area contributed by atoms with Crippen LogP contribution in [0, 0.1) is 23.7 Å². The van der Waals surface area contributed by atoms with E-state index in [0.29, 0.717) is 12.0 Å². The van der Waals surface area contributed by atoms with Crippen LogP contribution < -0.4 is 10.4 Å². The van der Waals surface area contributed by atoms with Gasteiger partial charge in [-0.25, -0.2) is 0 Å². The third-order valence-electron chi connectivity index (χ3n) is 7.26. The van der Waals surface area contributed by atoms with E-state index >= 15 is 0 Å². The summed E-state index contributed by atoms with van der Waals surface area (Å²) in [6, 6.07) is 12.8. The SMILES string of the molecule is C[C@H]1C[C@@H]2C(=O)N(c3cccc(B(O)O)c3)C(=O)[C@@H]2[C@@H]2C[C@@H](c3ccccc3O)O[C@]12O. The standard InChI is InChI=1S/C23H24BNO7/c1-12-9-16-20(17-11-19(32-23(12,17)29)15-7-2-3-8-18(15)26)22(28)25(21(16)27)14-6-4-5-13(10-14)24(30)31/h2-8,10,12,16-17,19-20,26,29-31H,9,11H2,1H3/t12-,16-,17-,19-,20-,23+/m0/s1. The maximum atomic E-state index is 13.5. The molecule has 1 saturated carbocycles. The Labute approximate surface area is 185 Å². The number of ether oxygens (including phenoxy) is 1. The molecule has 3 fully saturated rings. The molecular weight excluding hydrogens is 413 g/mol. The first kappa shape index (κ1) is 21.1. The Hall–Kier alpha value is -2.72.